The van der Waals surface area contributed by atoms with E-state index in [1.54, 1.807) is 54.6 Å². The van der Waals surface area contributed by atoms with Crippen LogP contribution in [0.25, 0.3) is 0 Å². The maximum atomic E-state index is 12.5. The summed E-state index contributed by atoms with van der Waals surface area (Å²) < 4.78 is 75.1. The highest BCUT2D eigenvalue weighted by atomic mass is 35.5. The van der Waals surface area contributed by atoms with Crippen LogP contribution in [0.2, 0.25) is 10.0 Å². The van der Waals surface area contributed by atoms with E-state index in [1.165, 1.54) is 58.8 Å². The third-order valence-electron chi connectivity index (χ3n) is 5.52. The first-order valence-electron chi connectivity index (χ1n) is 11.9. The van der Waals surface area contributed by atoms with Gasteiger partial charge in [0.1, 0.15) is 32.8 Å². The Labute approximate surface area is 255 Å². The molecule has 0 heterocycles. The summed E-state index contributed by atoms with van der Waals surface area (Å²) in [6.07, 6.45) is 0. The minimum atomic E-state index is -3.85. The molecule has 0 atom stereocenters. The van der Waals surface area contributed by atoms with Gasteiger partial charge in [-0.3, -0.25) is 9.44 Å². The number of ether oxygens (including phenoxy) is 4. The molecule has 2 N–H and O–H groups in total. The lowest BCUT2D eigenvalue weighted by Gasteiger charge is -2.13. The van der Waals surface area contributed by atoms with Crippen molar-refractivity contribution in [1.82, 2.24) is 0 Å². The topological polar surface area (TPSA) is 129 Å². The summed E-state index contributed by atoms with van der Waals surface area (Å²) in [6.45, 7) is 0. The van der Waals surface area contributed by atoms with Crippen LogP contribution >= 0.6 is 23.2 Å². The fourth-order valence-electron chi connectivity index (χ4n) is 3.49. The molecule has 0 saturated carbocycles. The predicted molar refractivity (Wildman–Crippen MR) is 164 cm³/mol. The fourth-order valence-corrected chi connectivity index (χ4v) is 6.42. The molecule has 0 fully saturated rings. The van der Waals surface area contributed by atoms with Crippen molar-refractivity contribution >= 4 is 54.6 Å². The Kier molecular flexibility index (Phi) is 11.2. The number of hydrogen-bond donors (Lipinski definition) is 2. The van der Waals surface area contributed by atoms with Gasteiger partial charge in [-0.15, -0.1) is 0 Å². The van der Waals surface area contributed by atoms with E-state index >= 15 is 0 Å². The second kappa shape index (κ2) is 14.4. The number of benzene rings is 4. The van der Waals surface area contributed by atoms with Crippen molar-refractivity contribution in [3.8, 4) is 23.0 Å². The number of para-hydroxylation sites is 1. The summed E-state index contributed by atoms with van der Waals surface area (Å²) in [5, 5.41) is 0.746. The number of halogens is 2. The highest BCUT2D eigenvalue weighted by molar-refractivity contribution is 7.93. The zero-order valence-corrected chi connectivity index (χ0v) is 26.1. The van der Waals surface area contributed by atoms with Gasteiger partial charge in [0.25, 0.3) is 20.0 Å². The quantitative estimate of drug-likeness (QED) is 0.203. The van der Waals surface area contributed by atoms with Gasteiger partial charge in [0.15, 0.2) is 0 Å². The van der Waals surface area contributed by atoms with Crippen molar-refractivity contribution in [1.29, 1.82) is 0 Å². The molecule has 4 aromatic carbocycles. The predicted octanol–water partition coefficient (Wildman–Crippen LogP) is 6.32. The van der Waals surface area contributed by atoms with E-state index < -0.39 is 20.0 Å². The monoisotopic (exact) mass is 654 g/mol. The SMILES string of the molecule is COc1ccc(OC)c(S(=O)(=O)Nc2cccc(Cl)c2)c1.COc1ccc(OC)c(S(=O)(=O)Nc2ccccc2Cl)c1. The normalized spacial score (nSPS) is 11.0. The van der Waals surface area contributed by atoms with Gasteiger partial charge in [-0.05, 0) is 54.6 Å². The number of anilines is 2. The van der Waals surface area contributed by atoms with Gasteiger partial charge in [-0.2, -0.15) is 0 Å². The third-order valence-corrected chi connectivity index (χ3v) is 8.87. The van der Waals surface area contributed by atoms with Gasteiger partial charge in [-0.1, -0.05) is 41.4 Å². The Morgan fingerprint density at radius 3 is 1.57 bits per heavy atom. The average molecular weight is 656 g/mol. The van der Waals surface area contributed by atoms with Crippen molar-refractivity contribution in [3.05, 3.63) is 95.0 Å². The lowest BCUT2D eigenvalue weighted by molar-refractivity contribution is 0.392. The van der Waals surface area contributed by atoms with Crippen LogP contribution in [0.1, 0.15) is 0 Å². The van der Waals surface area contributed by atoms with Crippen molar-refractivity contribution in [2.24, 2.45) is 0 Å². The highest BCUT2D eigenvalue weighted by Gasteiger charge is 2.22. The van der Waals surface area contributed by atoms with Gasteiger partial charge in [0.05, 0.1) is 44.8 Å². The molecule has 0 aliphatic heterocycles. The maximum Gasteiger partial charge on any atom is 0.265 e. The summed E-state index contributed by atoms with van der Waals surface area (Å²) in [5.74, 6) is 1.28. The molecule has 0 bridgehead atoms. The van der Waals surface area contributed by atoms with Crippen molar-refractivity contribution < 1.29 is 35.8 Å². The molecule has 224 valence electrons. The first-order chi connectivity index (χ1) is 19.9. The third kappa shape index (κ3) is 8.35. The Bertz CT molecular complexity index is 1750. The van der Waals surface area contributed by atoms with Crippen LogP contribution < -0.4 is 28.4 Å². The molecule has 0 aliphatic carbocycles. The van der Waals surface area contributed by atoms with E-state index in [-0.39, 0.29) is 21.3 Å². The summed E-state index contributed by atoms with van der Waals surface area (Å²) in [7, 11) is -1.95. The molecule has 4 aromatic rings. The van der Waals surface area contributed by atoms with E-state index in [1.807, 2.05) is 0 Å². The highest BCUT2D eigenvalue weighted by Crippen LogP contribution is 2.32. The average Bonchev–Trinajstić information content (AvgIpc) is 2.97. The molecule has 0 amide bonds. The number of hydrogen-bond acceptors (Lipinski definition) is 8. The van der Waals surface area contributed by atoms with Crippen LogP contribution in [0.15, 0.2) is 94.7 Å². The van der Waals surface area contributed by atoms with Crippen molar-refractivity contribution in [2.75, 3.05) is 37.9 Å². The molecule has 0 aromatic heterocycles. The smallest absolute Gasteiger partial charge is 0.265 e. The second-order valence-electron chi connectivity index (χ2n) is 8.23. The zero-order valence-electron chi connectivity index (χ0n) is 22.9. The molecule has 14 heteroatoms. The van der Waals surface area contributed by atoms with Gasteiger partial charge in [0, 0.05) is 17.2 Å². The van der Waals surface area contributed by atoms with Gasteiger partial charge < -0.3 is 18.9 Å². The molecule has 10 nitrogen and oxygen atoms in total. The van der Waals surface area contributed by atoms with Crippen molar-refractivity contribution in [2.45, 2.75) is 9.79 Å². The maximum absolute atomic E-state index is 12.5. The van der Waals surface area contributed by atoms with E-state index in [2.05, 4.69) is 9.44 Å². The molecule has 4 rings (SSSR count). The van der Waals surface area contributed by atoms with Crippen LogP contribution in [-0.2, 0) is 20.0 Å². The summed E-state index contributed by atoms with van der Waals surface area (Å²) in [5.41, 5.74) is 0.663. The second-order valence-corrected chi connectivity index (χ2v) is 12.4. The molecule has 42 heavy (non-hydrogen) atoms. The molecular weight excluding hydrogens is 627 g/mol. The standard InChI is InChI=1S/2C14H14ClNO4S/c1-19-12-6-7-13(20-2)14(9-12)21(17,18)16-11-5-3-4-10(15)8-11;1-19-10-7-8-13(20-2)14(9-10)21(17,18)16-12-6-4-3-5-11(12)15/h2*3-9,16H,1-2H3. The summed E-state index contributed by atoms with van der Waals surface area (Å²) >= 11 is 11.8. The van der Waals surface area contributed by atoms with E-state index in [0.29, 0.717) is 32.9 Å². The molecule has 0 aliphatic rings. The Balaban J connectivity index is 0.000000230. The Hall–Kier alpha value is -3.84. The largest absolute Gasteiger partial charge is 0.497 e. The molecule has 0 radical (unpaired) electrons. The van der Waals surface area contributed by atoms with Crippen LogP contribution in [-0.4, -0.2) is 45.3 Å². The van der Waals surface area contributed by atoms with Gasteiger partial charge in [0.2, 0.25) is 0 Å². The Morgan fingerprint density at radius 1 is 0.571 bits per heavy atom. The number of sulfonamides is 2. The molecule has 0 spiro atoms. The van der Waals surface area contributed by atoms with Crippen LogP contribution in [0.4, 0.5) is 11.4 Å². The zero-order chi connectivity index (χ0) is 30.9. The van der Waals surface area contributed by atoms with Crippen molar-refractivity contribution in [3.63, 3.8) is 0 Å². The number of methoxy groups -OCH3 is 4. The summed E-state index contributed by atoms with van der Waals surface area (Å²) in [4.78, 5) is -0.0337. The number of nitrogens with one attached hydrogen (secondary N) is 2. The lowest BCUT2D eigenvalue weighted by atomic mass is 10.3. The minimum absolute atomic E-state index is 0.00988. The molecular formula is C28H28Cl2N2O8S2. The molecule has 0 saturated heterocycles. The van der Waals surface area contributed by atoms with Gasteiger partial charge >= 0.3 is 0 Å². The lowest BCUT2D eigenvalue weighted by Crippen LogP contribution is -2.14. The number of rotatable bonds is 10. The van der Waals surface area contributed by atoms with Crippen LogP contribution in [0, 0.1) is 0 Å². The minimum Gasteiger partial charge on any atom is -0.497 e. The molecule has 0 unspecified atom stereocenters. The van der Waals surface area contributed by atoms with E-state index in [0.717, 1.165) is 0 Å². The first-order valence-corrected chi connectivity index (χ1v) is 15.7. The van der Waals surface area contributed by atoms with Gasteiger partial charge in [-0.25, -0.2) is 16.8 Å². The van der Waals surface area contributed by atoms with Crippen LogP contribution in [0.5, 0.6) is 23.0 Å². The first kappa shape index (κ1) is 32.7. The Morgan fingerprint density at radius 2 is 1.10 bits per heavy atom. The fraction of sp³-hybridized carbons (Fsp3) is 0.143. The van der Waals surface area contributed by atoms with E-state index in [4.69, 9.17) is 42.1 Å². The van der Waals surface area contributed by atoms with Crippen LogP contribution in [0.3, 0.4) is 0 Å². The van der Waals surface area contributed by atoms with E-state index in [9.17, 15) is 16.8 Å². The summed E-state index contributed by atoms with van der Waals surface area (Å²) in [6, 6.07) is 22.1.